The number of nitrogens with zero attached hydrogens (tertiary/aromatic N) is 4. The average molecular weight is 837 g/mol. The largest absolute Gasteiger partial charge is 0.488 e. The molecule has 0 saturated carbocycles. The van der Waals surface area contributed by atoms with Crippen LogP contribution >= 0.6 is 0 Å². The molecule has 4 N–H and O–H groups in total. The third-order valence-electron chi connectivity index (χ3n) is 12.5. The van der Waals surface area contributed by atoms with Crippen molar-refractivity contribution >= 4 is 45.8 Å². The molecule has 4 amide bonds. The Bertz CT molecular complexity index is 2480. The summed E-state index contributed by atoms with van der Waals surface area (Å²) in [6.07, 6.45) is 2.22. The van der Waals surface area contributed by atoms with E-state index in [1.165, 1.54) is 28.4 Å². The third-order valence-corrected chi connectivity index (χ3v) is 12.5. The number of aromatic nitrogens is 4. The number of rotatable bonds is 11. The van der Waals surface area contributed by atoms with Crippen molar-refractivity contribution in [2.45, 2.75) is 95.5 Å². The zero-order valence-electron chi connectivity index (χ0n) is 35.4. The molecular weight excluding hydrogens is 785 g/mol. The van der Waals surface area contributed by atoms with Gasteiger partial charge in [-0.2, -0.15) is 0 Å². The van der Waals surface area contributed by atoms with Crippen molar-refractivity contribution in [3.05, 3.63) is 65.9 Å². The molecule has 0 spiro atoms. The second-order valence-electron chi connectivity index (χ2n) is 16.0. The Balaban J connectivity index is 1.04. The first-order valence-electron chi connectivity index (χ1n) is 20.6. The van der Waals surface area contributed by atoms with Crippen LogP contribution in [0.2, 0.25) is 0 Å². The lowest BCUT2D eigenvalue weighted by Gasteiger charge is -2.33. The summed E-state index contributed by atoms with van der Waals surface area (Å²) < 4.78 is 26.9. The molecule has 2 aromatic heterocycles. The smallest absolute Gasteiger partial charge is 0.407 e. The SMILES string of the molecule is COC(=O)NC(C(=O)N1CCC[C@H]1c1ncc(-c2ccc3c(c2)COc2cc4c(ccc5[nH]c([C@@H]6CC[C@H](C)N6C(=O)C(NC(=O)OC)[C@@H](C)OC)nc54)cc2-3)[nH]1)[C@@H](C)OC. The van der Waals surface area contributed by atoms with E-state index < -0.39 is 36.5 Å². The van der Waals surface area contributed by atoms with E-state index in [0.29, 0.717) is 31.2 Å². The Morgan fingerprint density at radius 3 is 2.25 bits per heavy atom. The first-order chi connectivity index (χ1) is 29.4. The zero-order valence-corrected chi connectivity index (χ0v) is 35.4. The Kier molecular flexibility index (Phi) is 11.6. The van der Waals surface area contributed by atoms with E-state index in [9.17, 15) is 19.2 Å². The summed E-state index contributed by atoms with van der Waals surface area (Å²) in [5.74, 6) is 1.57. The van der Waals surface area contributed by atoms with Crippen molar-refractivity contribution in [3.8, 4) is 28.1 Å². The van der Waals surface area contributed by atoms with Crippen LogP contribution in [0, 0.1) is 0 Å². The van der Waals surface area contributed by atoms with E-state index in [0.717, 1.165) is 74.8 Å². The van der Waals surface area contributed by atoms with Crippen LogP contribution in [-0.2, 0) is 35.1 Å². The van der Waals surface area contributed by atoms with Crippen molar-refractivity contribution in [2.24, 2.45) is 0 Å². The van der Waals surface area contributed by atoms with E-state index in [1.54, 1.807) is 29.8 Å². The molecule has 61 heavy (non-hydrogen) atoms. The second-order valence-corrected chi connectivity index (χ2v) is 16.0. The van der Waals surface area contributed by atoms with Gasteiger partial charge < -0.3 is 54.1 Å². The summed E-state index contributed by atoms with van der Waals surface area (Å²) in [5.41, 5.74) is 6.43. The number of nitrogens with one attached hydrogen (secondary N) is 4. The van der Waals surface area contributed by atoms with Gasteiger partial charge in [0, 0.05) is 37.8 Å². The molecule has 5 heterocycles. The van der Waals surface area contributed by atoms with E-state index in [-0.39, 0.29) is 29.9 Å². The van der Waals surface area contributed by atoms with E-state index in [2.05, 4.69) is 50.9 Å². The molecule has 3 aliphatic rings. The van der Waals surface area contributed by atoms with Crippen LogP contribution in [-0.4, -0.2) is 119 Å². The summed E-state index contributed by atoms with van der Waals surface area (Å²) in [6.45, 7) is 6.36. The predicted molar refractivity (Wildman–Crippen MR) is 225 cm³/mol. The summed E-state index contributed by atoms with van der Waals surface area (Å²) >= 11 is 0. The van der Waals surface area contributed by atoms with E-state index in [4.69, 9.17) is 33.7 Å². The summed E-state index contributed by atoms with van der Waals surface area (Å²) in [7, 11) is 5.52. The van der Waals surface area contributed by atoms with Crippen molar-refractivity contribution in [1.29, 1.82) is 0 Å². The number of ether oxygens (including phenoxy) is 5. The molecule has 17 nitrogen and oxygen atoms in total. The van der Waals surface area contributed by atoms with Crippen molar-refractivity contribution in [3.63, 3.8) is 0 Å². The summed E-state index contributed by atoms with van der Waals surface area (Å²) in [5, 5.41) is 7.21. The normalized spacial score (nSPS) is 20.3. The lowest BCUT2D eigenvalue weighted by atomic mass is 9.92. The van der Waals surface area contributed by atoms with Gasteiger partial charge in [-0.05, 0) is 92.8 Å². The fourth-order valence-electron chi connectivity index (χ4n) is 8.97. The maximum Gasteiger partial charge on any atom is 0.407 e. The summed E-state index contributed by atoms with van der Waals surface area (Å²) in [4.78, 5) is 72.4. The number of amides is 4. The monoisotopic (exact) mass is 836 g/mol. The minimum Gasteiger partial charge on any atom is -0.488 e. The Morgan fingerprint density at radius 2 is 1.54 bits per heavy atom. The van der Waals surface area contributed by atoms with Crippen LogP contribution in [0.15, 0.2) is 48.7 Å². The molecule has 0 bridgehead atoms. The highest BCUT2D eigenvalue weighted by Gasteiger charge is 2.43. The molecule has 5 aromatic rings. The highest BCUT2D eigenvalue weighted by Crippen LogP contribution is 2.44. The standard InChI is InChI=1S/C44H52N8O9/c1-22-10-15-34(52(22)42(54)37(24(3)58-5)50-44(56)60-7)40-46-31-14-12-25-18-30-28-13-11-26(17-27(28)21-61-35(30)19-29(25)38(31)48-40)32-20-45-39(47-32)33-9-8-16-51(33)41(53)36(23(2)57-4)49-43(55)59-6/h11-14,17-20,22-24,33-34,36-37H,8-10,15-16,21H2,1-7H3,(H,45,47)(H,46,48)(H,49,55)(H,50,56)/t22-,23+,24+,33-,34-,36?,37?/m0/s1. The van der Waals surface area contributed by atoms with Gasteiger partial charge in [0.1, 0.15) is 36.1 Å². The van der Waals surface area contributed by atoms with E-state index >= 15 is 0 Å². The number of hydrogen-bond acceptors (Lipinski definition) is 11. The van der Waals surface area contributed by atoms with Crippen LogP contribution in [0.1, 0.15) is 75.8 Å². The lowest BCUT2D eigenvalue weighted by Crippen LogP contribution is -2.55. The molecule has 3 aromatic carbocycles. The Labute approximate surface area is 352 Å². The van der Waals surface area contributed by atoms with Gasteiger partial charge in [-0.25, -0.2) is 19.6 Å². The molecule has 2 unspecified atom stereocenters. The van der Waals surface area contributed by atoms with Crippen molar-refractivity contribution in [1.82, 2.24) is 40.4 Å². The molecule has 3 aliphatic heterocycles. The average Bonchev–Trinajstić information content (AvgIpc) is 4.12. The highest BCUT2D eigenvalue weighted by molar-refractivity contribution is 6.07. The Morgan fingerprint density at radius 1 is 0.820 bits per heavy atom. The van der Waals surface area contributed by atoms with Gasteiger partial charge >= 0.3 is 12.2 Å². The first-order valence-corrected chi connectivity index (χ1v) is 20.6. The molecule has 7 atom stereocenters. The number of imidazole rings is 2. The molecule has 0 aliphatic carbocycles. The van der Waals surface area contributed by atoms with E-state index in [1.807, 2.05) is 19.1 Å². The quantitative estimate of drug-likeness (QED) is 0.123. The number of carbonyl (C=O) groups is 4. The van der Waals surface area contributed by atoms with Crippen LogP contribution in [0.3, 0.4) is 0 Å². The number of likely N-dealkylation sites (tertiary alicyclic amines) is 2. The maximum atomic E-state index is 14.0. The minimum absolute atomic E-state index is 0.0837. The van der Waals surface area contributed by atoms with Gasteiger partial charge in [-0.1, -0.05) is 18.2 Å². The molecular formula is C44H52N8O9. The second kappa shape index (κ2) is 17.0. The van der Waals surface area contributed by atoms with Gasteiger partial charge in [-0.15, -0.1) is 0 Å². The number of carbonyl (C=O) groups excluding carboxylic acids is 4. The number of benzene rings is 3. The minimum atomic E-state index is -0.937. The number of fused-ring (bicyclic) bond motifs is 6. The molecule has 17 heteroatoms. The van der Waals surface area contributed by atoms with Crippen LogP contribution < -0.4 is 15.4 Å². The molecule has 322 valence electrons. The van der Waals surface area contributed by atoms with Gasteiger partial charge in [-0.3, -0.25) is 9.59 Å². The van der Waals surface area contributed by atoms with Crippen LogP contribution in [0.4, 0.5) is 9.59 Å². The zero-order chi connectivity index (χ0) is 43.1. The number of hydrogen-bond donors (Lipinski definition) is 4. The number of alkyl carbamates (subject to hydrolysis) is 2. The number of aromatic amines is 2. The fourth-order valence-corrected chi connectivity index (χ4v) is 8.97. The molecule has 0 radical (unpaired) electrons. The fraction of sp³-hybridized carbons (Fsp3) is 0.455. The van der Waals surface area contributed by atoms with Crippen molar-refractivity contribution < 1.29 is 42.9 Å². The van der Waals surface area contributed by atoms with Crippen LogP contribution in [0.5, 0.6) is 5.75 Å². The topological polar surface area (TPSA) is 202 Å². The first kappa shape index (κ1) is 41.5. The van der Waals surface area contributed by atoms with Gasteiger partial charge in [0.15, 0.2) is 0 Å². The number of H-pyrrole nitrogens is 2. The number of methoxy groups -OCH3 is 4. The molecule has 8 rings (SSSR count). The summed E-state index contributed by atoms with van der Waals surface area (Å²) in [6, 6.07) is 11.9. The maximum absolute atomic E-state index is 14.0. The van der Waals surface area contributed by atoms with Gasteiger partial charge in [0.25, 0.3) is 0 Å². The van der Waals surface area contributed by atoms with Crippen molar-refractivity contribution in [2.75, 3.05) is 35.0 Å². The highest BCUT2D eigenvalue weighted by atomic mass is 16.5. The Hall–Kier alpha value is -6.20. The molecule has 2 saturated heterocycles. The third kappa shape index (κ3) is 7.71. The molecule has 2 fully saturated rings. The van der Waals surface area contributed by atoms with Crippen LogP contribution in [0.25, 0.3) is 44.2 Å². The van der Waals surface area contributed by atoms with Gasteiger partial charge in [0.2, 0.25) is 11.8 Å². The lowest BCUT2D eigenvalue weighted by molar-refractivity contribution is -0.139. The van der Waals surface area contributed by atoms with Gasteiger partial charge in [0.05, 0.1) is 61.4 Å². The predicted octanol–water partition coefficient (Wildman–Crippen LogP) is 5.90.